The van der Waals surface area contributed by atoms with E-state index in [9.17, 15) is 0 Å². The minimum absolute atomic E-state index is 0.573. The normalized spacial score (nSPS) is 9.93. The van der Waals surface area contributed by atoms with Gasteiger partial charge in [0.2, 0.25) is 5.88 Å². The first-order valence-electron chi connectivity index (χ1n) is 4.94. The smallest absolute Gasteiger partial charge is 0.213 e. The van der Waals surface area contributed by atoms with E-state index in [1.165, 1.54) is 11.1 Å². The highest BCUT2D eigenvalue weighted by atomic mass is 16.5. The van der Waals surface area contributed by atoms with Crippen LogP contribution in [0, 0.1) is 6.92 Å². The average molecular weight is 199 g/mol. The lowest BCUT2D eigenvalue weighted by atomic mass is 10.1. The molecule has 2 rings (SSSR count). The molecular weight excluding hydrogens is 186 g/mol. The Morgan fingerprint density at radius 2 is 1.87 bits per heavy atom. The topological polar surface area (TPSA) is 22.1 Å². The summed E-state index contributed by atoms with van der Waals surface area (Å²) in [6.45, 7) is 2.65. The molecule has 0 radical (unpaired) electrons. The summed E-state index contributed by atoms with van der Waals surface area (Å²) >= 11 is 0. The Balaban J connectivity index is 2.03. The monoisotopic (exact) mass is 199 g/mol. The van der Waals surface area contributed by atoms with Gasteiger partial charge >= 0.3 is 0 Å². The first-order chi connectivity index (χ1) is 7.36. The fourth-order valence-corrected chi connectivity index (χ4v) is 1.36. The molecule has 1 aromatic carbocycles. The first kappa shape index (κ1) is 9.71. The molecule has 0 unspecified atom stereocenters. The van der Waals surface area contributed by atoms with Crippen LogP contribution in [0.25, 0.3) is 0 Å². The van der Waals surface area contributed by atoms with Crippen LogP contribution in [-0.4, -0.2) is 4.98 Å². The van der Waals surface area contributed by atoms with Gasteiger partial charge in [0.15, 0.2) is 0 Å². The van der Waals surface area contributed by atoms with Crippen molar-refractivity contribution in [3.05, 3.63) is 59.8 Å². The number of pyridine rings is 1. The van der Waals surface area contributed by atoms with Crippen LogP contribution < -0.4 is 4.74 Å². The van der Waals surface area contributed by atoms with Crippen LogP contribution >= 0.6 is 0 Å². The molecule has 0 bridgehead atoms. The minimum atomic E-state index is 0.573. The zero-order valence-corrected chi connectivity index (χ0v) is 8.68. The molecule has 0 N–H and O–H groups in total. The number of aromatic nitrogens is 1. The molecule has 0 aliphatic carbocycles. The molecule has 0 fully saturated rings. The molecule has 15 heavy (non-hydrogen) atoms. The summed E-state index contributed by atoms with van der Waals surface area (Å²) in [5.74, 6) is 0.667. The van der Waals surface area contributed by atoms with E-state index >= 15 is 0 Å². The molecular formula is C13H13NO. The van der Waals surface area contributed by atoms with Crippen LogP contribution in [-0.2, 0) is 6.61 Å². The maximum absolute atomic E-state index is 5.56. The van der Waals surface area contributed by atoms with Gasteiger partial charge in [-0.1, -0.05) is 30.3 Å². The maximum Gasteiger partial charge on any atom is 0.213 e. The van der Waals surface area contributed by atoms with Crippen LogP contribution in [0.5, 0.6) is 5.88 Å². The molecule has 1 aromatic heterocycles. The summed E-state index contributed by atoms with van der Waals surface area (Å²) in [5.41, 5.74) is 2.44. The molecule has 76 valence electrons. The standard InChI is InChI=1S/C13H13NO/c1-11-6-2-3-7-12(11)10-15-13-8-4-5-9-14-13/h2-9H,10H2,1H3. The molecule has 0 aliphatic heterocycles. The van der Waals surface area contributed by atoms with Crippen molar-refractivity contribution in [3.63, 3.8) is 0 Å². The van der Waals surface area contributed by atoms with Crippen molar-refractivity contribution in [2.45, 2.75) is 13.5 Å². The van der Waals surface area contributed by atoms with E-state index in [0.717, 1.165) is 0 Å². The van der Waals surface area contributed by atoms with Crippen molar-refractivity contribution in [2.75, 3.05) is 0 Å². The van der Waals surface area contributed by atoms with E-state index in [4.69, 9.17) is 4.74 Å². The van der Waals surface area contributed by atoms with Crippen LogP contribution in [0.2, 0.25) is 0 Å². The Morgan fingerprint density at radius 3 is 2.60 bits per heavy atom. The molecule has 0 spiro atoms. The van der Waals surface area contributed by atoms with Crippen LogP contribution in [0.3, 0.4) is 0 Å². The minimum Gasteiger partial charge on any atom is -0.473 e. The van der Waals surface area contributed by atoms with Crippen molar-refractivity contribution < 1.29 is 4.74 Å². The third kappa shape index (κ3) is 2.56. The van der Waals surface area contributed by atoms with Crippen molar-refractivity contribution >= 4 is 0 Å². The van der Waals surface area contributed by atoms with Gasteiger partial charge in [-0.2, -0.15) is 0 Å². The maximum atomic E-state index is 5.56. The third-order valence-corrected chi connectivity index (χ3v) is 2.27. The molecule has 2 nitrogen and oxygen atoms in total. The van der Waals surface area contributed by atoms with Gasteiger partial charge in [-0.15, -0.1) is 0 Å². The van der Waals surface area contributed by atoms with E-state index in [1.54, 1.807) is 6.20 Å². The fraction of sp³-hybridized carbons (Fsp3) is 0.154. The Bertz CT molecular complexity index is 426. The molecule has 0 amide bonds. The zero-order valence-electron chi connectivity index (χ0n) is 8.68. The number of rotatable bonds is 3. The highest BCUT2D eigenvalue weighted by Gasteiger charge is 1.98. The summed E-state index contributed by atoms with van der Waals surface area (Å²) in [4.78, 5) is 4.10. The van der Waals surface area contributed by atoms with Crippen LogP contribution in [0.4, 0.5) is 0 Å². The van der Waals surface area contributed by atoms with E-state index < -0.39 is 0 Å². The number of ether oxygens (including phenoxy) is 1. The van der Waals surface area contributed by atoms with Gasteiger partial charge in [-0.25, -0.2) is 4.98 Å². The predicted molar refractivity (Wildman–Crippen MR) is 59.7 cm³/mol. The van der Waals surface area contributed by atoms with Gasteiger partial charge in [0.25, 0.3) is 0 Å². The molecule has 0 saturated heterocycles. The summed E-state index contributed by atoms with van der Waals surface area (Å²) in [6, 6.07) is 13.8. The van der Waals surface area contributed by atoms with Gasteiger partial charge < -0.3 is 4.74 Å². The molecule has 1 heterocycles. The van der Waals surface area contributed by atoms with Gasteiger partial charge in [0.05, 0.1) is 0 Å². The molecule has 2 heteroatoms. The lowest BCUT2D eigenvalue weighted by molar-refractivity contribution is 0.293. The summed E-state index contributed by atoms with van der Waals surface area (Å²) in [5, 5.41) is 0. The van der Waals surface area contributed by atoms with E-state index in [-0.39, 0.29) is 0 Å². The van der Waals surface area contributed by atoms with Gasteiger partial charge in [0.1, 0.15) is 6.61 Å². The second-order valence-electron chi connectivity index (χ2n) is 3.38. The summed E-state index contributed by atoms with van der Waals surface area (Å²) in [6.07, 6.45) is 1.73. The fourth-order valence-electron chi connectivity index (χ4n) is 1.36. The first-order valence-corrected chi connectivity index (χ1v) is 4.94. The highest BCUT2D eigenvalue weighted by Crippen LogP contribution is 2.11. The van der Waals surface area contributed by atoms with Crippen LogP contribution in [0.15, 0.2) is 48.7 Å². The average Bonchev–Trinajstić information content (AvgIpc) is 2.29. The summed E-state index contributed by atoms with van der Waals surface area (Å²) < 4.78 is 5.56. The van der Waals surface area contributed by atoms with E-state index in [0.29, 0.717) is 12.5 Å². The number of aryl methyl sites for hydroxylation is 1. The largest absolute Gasteiger partial charge is 0.473 e. The SMILES string of the molecule is Cc1ccccc1COc1ccccn1. The van der Waals surface area contributed by atoms with Crippen molar-refractivity contribution in [3.8, 4) is 5.88 Å². The second-order valence-corrected chi connectivity index (χ2v) is 3.38. The third-order valence-electron chi connectivity index (χ3n) is 2.27. The highest BCUT2D eigenvalue weighted by molar-refractivity contribution is 5.25. The predicted octanol–water partition coefficient (Wildman–Crippen LogP) is 2.97. The zero-order chi connectivity index (χ0) is 10.5. The number of hydrogen-bond acceptors (Lipinski definition) is 2. The van der Waals surface area contributed by atoms with Crippen molar-refractivity contribution in [2.24, 2.45) is 0 Å². The van der Waals surface area contributed by atoms with Gasteiger partial charge in [-0.05, 0) is 24.1 Å². The molecule has 2 aromatic rings. The van der Waals surface area contributed by atoms with E-state index in [1.807, 2.05) is 30.3 Å². The van der Waals surface area contributed by atoms with Gasteiger partial charge in [-0.3, -0.25) is 0 Å². The lowest BCUT2D eigenvalue weighted by Crippen LogP contribution is -1.98. The molecule has 0 atom stereocenters. The number of benzene rings is 1. The molecule has 0 aliphatic rings. The number of nitrogens with zero attached hydrogens (tertiary/aromatic N) is 1. The number of hydrogen-bond donors (Lipinski definition) is 0. The summed E-state index contributed by atoms with van der Waals surface area (Å²) in [7, 11) is 0. The molecule has 0 saturated carbocycles. The van der Waals surface area contributed by atoms with Crippen molar-refractivity contribution in [1.82, 2.24) is 4.98 Å². The second kappa shape index (κ2) is 4.60. The van der Waals surface area contributed by atoms with Gasteiger partial charge in [0, 0.05) is 12.3 Å². The van der Waals surface area contributed by atoms with E-state index in [2.05, 4.69) is 24.0 Å². The Hall–Kier alpha value is -1.83. The quantitative estimate of drug-likeness (QED) is 0.758. The lowest BCUT2D eigenvalue weighted by Gasteiger charge is -2.06. The Kier molecular flexibility index (Phi) is 2.98. The Labute approximate surface area is 89.6 Å². The van der Waals surface area contributed by atoms with Crippen molar-refractivity contribution in [1.29, 1.82) is 0 Å². The Morgan fingerprint density at radius 1 is 1.07 bits per heavy atom. The van der Waals surface area contributed by atoms with Crippen LogP contribution in [0.1, 0.15) is 11.1 Å².